The number of hydrogen-bond acceptors (Lipinski definition) is 1. The van der Waals surface area contributed by atoms with E-state index in [1.165, 1.54) is 32.1 Å². The number of hydrogen-bond donors (Lipinski definition) is 0. The Bertz CT molecular complexity index is 145. The highest BCUT2D eigenvalue weighted by atomic mass is 16.5. The van der Waals surface area contributed by atoms with E-state index in [0.717, 1.165) is 0 Å². The van der Waals surface area contributed by atoms with Gasteiger partial charge in [-0.15, -0.1) is 6.58 Å². The van der Waals surface area contributed by atoms with Crippen LogP contribution in [0.4, 0.5) is 0 Å². The van der Waals surface area contributed by atoms with Crippen molar-refractivity contribution in [1.29, 1.82) is 0 Å². The monoisotopic (exact) mass is 168 g/mol. The fraction of sp³-hybridized carbons (Fsp3) is 0.818. The van der Waals surface area contributed by atoms with Crippen LogP contribution in [0, 0.1) is 5.92 Å². The molecule has 0 aromatic carbocycles. The van der Waals surface area contributed by atoms with Gasteiger partial charge in [0, 0.05) is 13.0 Å². The summed E-state index contributed by atoms with van der Waals surface area (Å²) in [6.45, 7) is 6.06. The summed E-state index contributed by atoms with van der Waals surface area (Å²) >= 11 is 0. The van der Waals surface area contributed by atoms with Crippen LogP contribution >= 0.6 is 0 Å². The Morgan fingerprint density at radius 1 is 1.33 bits per heavy atom. The van der Waals surface area contributed by atoms with E-state index in [4.69, 9.17) is 4.74 Å². The SMILES string of the molecule is C=CC(C)C1(OC)CCCCC1. The minimum absolute atomic E-state index is 0.111. The van der Waals surface area contributed by atoms with E-state index < -0.39 is 0 Å². The van der Waals surface area contributed by atoms with Gasteiger partial charge in [-0.2, -0.15) is 0 Å². The molecule has 1 atom stereocenters. The Hall–Kier alpha value is -0.300. The summed E-state index contributed by atoms with van der Waals surface area (Å²) in [5, 5.41) is 0. The van der Waals surface area contributed by atoms with Crippen LogP contribution in [0.2, 0.25) is 0 Å². The molecule has 1 unspecified atom stereocenters. The molecule has 1 heteroatoms. The second kappa shape index (κ2) is 4.08. The van der Waals surface area contributed by atoms with Crippen molar-refractivity contribution in [2.45, 2.75) is 44.6 Å². The minimum atomic E-state index is 0.111. The molecule has 0 N–H and O–H groups in total. The van der Waals surface area contributed by atoms with Crippen molar-refractivity contribution in [3.63, 3.8) is 0 Å². The zero-order valence-corrected chi connectivity index (χ0v) is 8.31. The Morgan fingerprint density at radius 2 is 1.92 bits per heavy atom. The van der Waals surface area contributed by atoms with E-state index in [1.54, 1.807) is 0 Å². The molecule has 1 saturated carbocycles. The van der Waals surface area contributed by atoms with Crippen LogP contribution in [0.3, 0.4) is 0 Å². The lowest BCUT2D eigenvalue weighted by Gasteiger charge is -2.39. The third-order valence-electron chi connectivity index (χ3n) is 3.29. The molecule has 1 rings (SSSR count). The van der Waals surface area contributed by atoms with E-state index in [0.29, 0.717) is 5.92 Å². The Labute approximate surface area is 75.8 Å². The number of ether oxygens (including phenoxy) is 1. The molecule has 0 radical (unpaired) electrons. The maximum atomic E-state index is 5.66. The predicted molar refractivity (Wildman–Crippen MR) is 52.2 cm³/mol. The second-order valence-electron chi connectivity index (χ2n) is 3.85. The first kappa shape index (κ1) is 9.79. The van der Waals surface area contributed by atoms with Gasteiger partial charge in [-0.1, -0.05) is 32.3 Å². The molecule has 1 fully saturated rings. The molecule has 0 spiro atoms. The maximum absolute atomic E-state index is 5.66. The zero-order chi connectivity index (χ0) is 9.03. The van der Waals surface area contributed by atoms with Gasteiger partial charge in [0.05, 0.1) is 5.60 Å². The minimum Gasteiger partial charge on any atom is -0.378 e. The number of rotatable bonds is 3. The highest BCUT2D eigenvalue weighted by molar-refractivity contribution is 4.96. The molecule has 0 aromatic rings. The van der Waals surface area contributed by atoms with E-state index in [-0.39, 0.29) is 5.60 Å². The largest absolute Gasteiger partial charge is 0.378 e. The lowest BCUT2D eigenvalue weighted by Crippen LogP contribution is -2.39. The van der Waals surface area contributed by atoms with Gasteiger partial charge >= 0.3 is 0 Å². The van der Waals surface area contributed by atoms with Crippen molar-refractivity contribution in [3.8, 4) is 0 Å². The quantitative estimate of drug-likeness (QED) is 0.588. The first-order chi connectivity index (χ1) is 5.75. The van der Waals surface area contributed by atoms with Crippen molar-refractivity contribution in [2.24, 2.45) is 5.92 Å². The van der Waals surface area contributed by atoms with Gasteiger partial charge in [0.2, 0.25) is 0 Å². The average molecular weight is 168 g/mol. The van der Waals surface area contributed by atoms with Crippen molar-refractivity contribution >= 4 is 0 Å². The van der Waals surface area contributed by atoms with E-state index in [2.05, 4.69) is 13.5 Å². The van der Waals surface area contributed by atoms with Gasteiger partial charge in [-0.25, -0.2) is 0 Å². The van der Waals surface area contributed by atoms with Crippen LogP contribution in [0.5, 0.6) is 0 Å². The van der Waals surface area contributed by atoms with Crippen molar-refractivity contribution in [1.82, 2.24) is 0 Å². The van der Waals surface area contributed by atoms with Crippen molar-refractivity contribution in [2.75, 3.05) is 7.11 Å². The summed E-state index contributed by atoms with van der Waals surface area (Å²) in [4.78, 5) is 0. The third-order valence-corrected chi connectivity index (χ3v) is 3.29. The molecular weight excluding hydrogens is 148 g/mol. The second-order valence-corrected chi connectivity index (χ2v) is 3.85. The molecule has 0 amide bonds. The molecule has 0 bridgehead atoms. The summed E-state index contributed by atoms with van der Waals surface area (Å²) in [5.74, 6) is 0.489. The van der Waals surface area contributed by atoms with Crippen LogP contribution in [0.15, 0.2) is 12.7 Å². The lowest BCUT2D eigenvalue weighted by molar-refractivity contribution is -0.0657. The normalized spacial score (nSPS) is 24.8. The van der Waals surface area contributed by atoms with Gasteiger partial charge in [0.1, 0.15) is 0 Å². The fourth-order valence-corrected chi connectivity index (χ4v) is 2.21. The van der Waals surface area contributed by atoms with Crippen molar-refractivity contribution in [3.05, 3.63) is 12.7 Å². The molecular formula is C11H20O. The van der Waals surface area contributed by atoms with Crippen LogP contribution < -0.4 is 0 Å². The summed E-state index contributed by atoms with van der Waals surface area (Å²) in [7, 11) is 1.84. The Morgan fingerprint density at radius 3 is 2.33 bits per heavy atom. The summed E-state index contributed by atoms with van der Waals surface area (Å²) in [5.41, 5.74) is 0.111. The highest BCUT2D eigenvalue weighted by Crippen LogP contribution is 2.37. The van der Waals surface area contributed by atoms with Gasteiger partial charge < -0.3 is 4.74 Å². The molecule has 0 aliphatic heterocycles. The van der Waals surface area contributed by atoms with Gasteiger partial charge in [-0.3, -0.25) is 0 Å². The standard InChI is InChI=1S/C11H20O/c1-4-10(2)11(12-3)8-6-5-7-9-11/h4,10H,1,5-9H2,2-3H3. The average Bonchev–Trinajstić information content (AvgIpc) is 2.17. The smallest absolute Gasteiger partial charge is 0.0738 e. The van der Waals surface area contributed by atoms with Crippen LogP contribution in [0.25, 0.3) is 0 Å². The van der Waals surface area contributed by atoms with Gasteiger partial charge in [-0.05, 0) is 12.8 Å². The third kappa shape index (κ3) is 1.71. The highest BCUT2D eigenvalue weighted by Gasteiger charge is 2.35. The molecule has 1 nitrogen and oxygen atoms in total. The summed E-state index contributed by atoms with van der Waals surface area (Å²) in [6.07, 6.45) is 8.43. The predicted octanol–water partition coefficient (Wildman–Crippen LogP) is 3.16. The molecule has 0 heterocycles. The summed E-state index contributed by atoms with van der Waals surface area (Å²) < 4.78 is 5.66. The number of methoxy groups -OCH3 is 1. The molecule has 1 aliphatic rings. The van der Waals surface area contributed by atoms with Crippen LogP contribution in [-0.2, 0) is 4.74 Å². The van der Waals surface area contributed by atoms with E-state index >= 15 is 0 Å². The zero-order valence-electron chi connectivity index (χ0n) is 8.31. The van der Waals surface area contributed by atoms with E-state index in [1.807, 2.05) is 13.2 Å². The topological polar surface area (TPSA) is 9.23 Å². The van der Waals surface area contributed by atoms with Crippen LogP contribution in [0.1, 0.15) is 39.0 Å². The Balaban J connectivity index is 2.65. The lowest BCUT2D eigenvalue weighted by atomic mass is 9.76. The first-order valence-electron chi connectivity index (χ1n) is 4.93. The van der Waals surface area contributed by atoms with Crippen molar-refractivity contribution < 1.29 is 4.74 Å². The van der Waals surface area contributed by atoms with Crippen LogP contribution in [-0.4, -0.2) is 12.7 Å². The molecule has 1 aliphatic carbocycles. The first-order valence-corrected chi connectivity index (χ1v) is 4.93. The van der Waals surface area contributed by atoms with Gasteiger partial charge in [0.25, 0.3) is 0 Å². The molecule has 0 aromatic heterocycles. The molecule has 12 heavy (non-hydrogen) atoms. The summed E-state index contributed by atoms with van der Waals surface area (Å²) in [6, 6.07) is 0. The fourth-order valence-electron chi connectivity index (χ4n) is 2.21. The maximum Gasteiger partial charge on any atom is 0.0738 e. The van der Waals surface area contributed by atoms with Gasteiger partial charge in [0.15, 0.2) is 0 Å². The molecule has 70 valence electrons. The van der Waals surface area contributed by atoms with E-state index in [9.17, 15) is 0 Å². The molecule has 0 saturated heterocycles. The Kier molecular flexibility index (Phi) is 3.33.